The van der Waals surface area contributed by atoms with Crippen molar-refractivity contribution in [3.8, 4) is 0 Å². The third-order valence-electron chi connectivity index (χ3n) is 6.88. The number of carboxylic acids is 3. The molecule has 0 unspecified atom stereocenters. The Labute approximate surface area is 269 Å². The highest BCUT2D eigenvalue weighted by Gasteiger charge is 2.33. The highest BCUT2D eigenvalue weighted by Crippen LogP contribution is 2.19. The first-order valence-electron chi connectivity index (χ1n) is 14.4. The van der Waals surface area contributed by atoms with Crippen LogP contribution < -0.4 is 27.0 Å². The lowest BCUT2D eigenvalue weighted by Gasteiger charge is -2.25. The number of aromatic nitrogens is 1. The van der Waals surface area contributed by atoms with Crippen molar-refractivity contribution in [2.45, 2.75) is 76.2 Å². The summed E-state index contributed by atoms with van der Waals surface area (Å²) in [5.74, 6) is -8.25. The van der Waals surface area contributed by atoms with Crippen LogP contribution in [0.25, 0.3) is 10.9 Å². The minimum Gasteiger partial charge on any atom is -0.481 e. The zero-order valence-corrected chi connectivity index (χ0v) is 26.2. The SMILES string of the molecule is CC(C)C[C@H](N)C(=O)N[C@@H](CCC(=O)O)C(=O)N[C@@H](CC(=O)O)C(=O)N[C@@H](CS)C(=O)N[C@@H](Cc1c[nH]c2ccccc12)C(=O)O. The molecule has 2 rings (SSSR count). The normalized spacial score (nSPS) is 14.4. The largest absolute Gasteiger partial charge is 0.481 e. The van der Waals surface area contributed by atoms with Gasteiger partial charge < -0.3 is 47.3 Å². The second kappa shape index (κ2) is 17.7. The summed E-state index contributed by atoms with van der Waals surface area (Å²) < 4.78 is 0. The highest BCUT2D eigenvalue weighted by molar-refractivity contribution is 7.80. The van der Waals surface area contributed by atoms with Gasteiger partial charge in [0.15, 0.2) is 0 Å². The number of aromatic amines is 1. The third kappa shape index (κ3) is 11.7. The van der Waals surface area contributed by atoms with Crippen molar-refractivity contribution in [3.05, 3.63) is 36.0 Å². The Morgan fingerprint density at radius 2 is 1.37 bits per heavy atom. The van der Waals surface area contributed by atoms with Gasteiger partial charge in [-0.1, -0.05) is 32.0 Å². The van der Waals surface area contributed by atoms with Crippen LogP contribution in [0.1, 0.15) is 45.1 Å². The van der Waals surface area contributed by atoms with Gasteiger partial charge in [-0.05, 0) is 30.4 Å². The van der Waals surface area contributed by atoms with Crippen LogP contribution >= 0.6 is 12.6 Å². The first-order valence-corrected chi connectivity index (χ1v) is 15.0. The summed E-state index contributed by atoms with van der Waals surface area (Å²) >= 11 is 4.06. The van der Waals surface area contributed by atoms with E-state index >= 15 is 0 Å². The third-order valence-corrected chi connectivity index (χ3v) is 7.25. The van der Waals surface area contributed by atoms with E-state index in [1.807, 2.05) is 13.8 Å². The van der Waals surface area contributed by atoms with Gasteiger partial charge in [0.05, 0.1) is 12.5 Å². The fourth-order valence-corrected chi connectivity index (χ4v) is 4.80. The summed E-state index contributed by atoms with van der Waals surface area (Å²) in [5.41, 5.74) is 7.25. The summed E-state index contributed by atoms with van der Waals surface area (Å²) in [6, 6.07) is 0.0608. The minimum atomic E-state index is -1.77. The number of aliphatic carboxylic acids is 3. The molecule has 0 aliphatic rings. The maximum absolute atomic E-state index is 13.1. The quantitative estimate of drug-likeness (QED) is 0.0845. The molecule has 1 aromatic carbocycles. The predicted molar refractivity (Wildman–Crippen MR) is 168 cm³/mol. The maximum atomic E-state index is 13.1. The fourth-order valence-electron chi connectivity index (χ4n) is 4.55. The van der Waals surface area contributed by atoms with Gasteiger partial charge >= 0.3 is 17.9 Å². The molecule has 0 aliphatic heterocycles. The summed E-state index contributed by atoms with van der Waals surface area (Å²) in [5, 5.41) is 38.2. The molecular formula is C29H40N6O10S. The van der Waals surface area contributed by atoms with Crippen molar-refractivity contribution in [3.63, 3.8) is 0 Å². The zero-order chi connectivity index (χ0) is 34.6. The van der Waals surface area contributed by atoms with Crippen LogP contribution in [0.15, 0.2) is 30.5 Å². The number of carboxylic acid groups (broad SMARTS) is 3. The van der Waals surface area contributed by atoms with Crippen molar-refractivity contribution in [1.29, 1.82) is 0 Å². The molecule has 10 N–H and O–H groups in total. The Kier molecular flexibility index (Phi) is 14.5. The number of rotatable bonds is 19. The Morgan fingerprint density at radius 1 is 0.804 bits per heavy atom. The molecule has 0 spiro atoms. The van der Waals surface area contributed by atoms with Crippen LogP contribution in [0.2, 0.25) is 0 Å². The van der Waals surface area contributed by atoms with Gasteiger partial charge in [0.2, 0.25) is 23.6 Å². The fraction of sp³-hybridized carbons (Fsp3) is 0.483. The summed E-state index contributed by atoms with van der Waals surface area (Å²) in [4.78, 5) is 89.5. The van der Waals surface area contributed by atoms with Gasteiger partial charge in [-0.3, -0.25) is 28.8 Å². The van der Waals surface area contributed by atoms with Crippen LogP contribution in [0.5, 0.6) is 0 Å². The Bertz CT molecular complexity index is 1430. The van der Waals surface area contributed by atoms with Crippen LogP contribution in [0.3, 0.4) is 0 Å². The van der Waals surface area contributed by atoms with Crippen LogP contribution in [-0.2, 0) is 40.0 Å². The molecule has 0 saturated heterocycles. The number of hydrogen-bond acceptors (Lipinski definition) is 9. The first kappa shape index (κ1) is 37.5. The number of carbonyl (C=O) groups excluding carboxylic acids is 4. The average Bonchev–Trinajstić information content (AvgIpc) is 3.38. The molecule has 252 valence electrons. The van der Waals surface area contributed by atoms with Crippen molar-refractivity contribution >= 4 is 65.1 Å². The molecule has 0 saturated carbocycles. The van der Waals surface area contributed by atoms with Crippen LogP contribution in [0.4, 0.5) is 0 Å². The lowest BCUT2D eigenvalue weighted by atomic mass is 10.0. The molecule has 0 aliphatic carbocycles. The number of para-hydroxylation sites is 1. The van der Waals surface area contributed by atoms with E-state index in [2.05, 4.69) is 38.9 Å². The van der Waals surface area contributed by atoms with Gasteiger partial charge in [-0.2, -0.15) is 12.6 Å². The zero-order valence-electron chi connectivity index (χ0n) is 25.3. The molecule has 16 nitrogen and oxygen atoms in total. The Balaban J connectivity index is 2.16. The molecule has 1 heterocycles. The molecule has 2 aromatic rings. The van der Waals surface area contributed by atoms with E-state index in [0.717, 1.165) is 10.9 Å². The predicted octanol–water partition coefficient (Wildman–Crippen LogP) is -0.623. The van der Waals surface area contributed by atoms with Crippen LogP contribution in [-0.4, -0.2) is 97.8 Å². The number of H-pyrrole nitrogens is 1. The smallest absolute Gasteiger partial charge is 0.326 e. The van der Waals surface area contributed by atoms with Gasteiger partial charge in [-0.25, -0.2) is 4.79 Å². The van der Waals surface area contributed by atoms with E-state index < -0.39 is 91.0 Å². The molecule has 46 heavy (non-hydrogen) atoms. The first-order chi connectivity index (χ1) is 21.6. The Hall–Kier alpha value is -4.64. The number of carbonyl (C=O) groups is 7. The lowest BCUT2D eigenvalue weighted by Crippen LogP contribution is -2.59. The van der Waals surface area contributed by atoms with Gasteiger partial charge in [0.25, 0.3) is 0 Å². The number of benzene rings is 1. The standard InChI is InChI=1S/C29H40N6O10S/c1-14(2)9-17(30)25(40)32-19(7-8-23(36)37)26(41)33-20(11-24(38)39)27(42)35-22(13-46)28(43)34-21(29(44)45)10-15-12-31-18-6-4-3-5-16(15)18/h3-6,12,14,17,19-22,31,46H,7-11,13,30H2,1-2H3,(H,32,40)(H,33,41)(H,34,43)(H,35,42)(H,36,37)(H,38,39)(H,44,45)/t17-,19-,20-,21-,22-/m0/s1. The average molecular weight is 665 g/mol. The maximum Gasteiger partial charge on any atom is 0.326 e. The number of amides is 4. The Morgan fingerprint density at radius 3 is 1.96 bits per heavy atom. The van der Waals surface area contributed by atoms with Gasteiger partial charge in [-0.15, -0.1) is 0 Å². The topological polar surface area (TPSA) is 270 Å². The molecule has 1 aromatic heterocycles. The van der Waals surface area contributed by atoms with E-state index in [0.29, 0.717) is 5.56 Å². The van der Waals surface area contributed by atoms with E-state index in [1.54, 1.807) is 30.5 Å². The van der Waals surface area contributed by atoms with Gasteiger partial charge in [0.1, 0.15) is 24.2 Å². The van der Waals surface area contributed by atoms with Crippen molar-refractivity contribution in [2.24, 2.45) is 11.7 Å². The summed E-state index contributed by atoms with van der Waals surface area (Å²) in [6.07, 6.45) is -0.0888. The molecule has 4 amide bonds. The lowest BCUT2D eigenvalue weighted by molar-refractivity contribution is -0.143. The molecule has 0 radical (unpaired) electrons. The number of fused-ring (bicyclic) bond motifs is 1. The second-order valence-electron chi connectivity index (χ2n) is 11.1. The minimum absolute atomic E-state index is 0.0342. The van der Waals surface area contributed by atoms with Crippen molar-refractivity contribution in [1.82, 2.24) is 26.3 Å². The molecule has 0 bridgehead atoms. The van der Waals surface area contributed by atoms with Crippen molar-refractivity contribution in [2.75, 3.05) is 5.75 Å². The molecule has 17 heteroatoms. The van der Waals surface area contributed by atoms with Gasteiger partial charge in [0, 0.05) is 35.7 Å². The summed E-state index contributed by atoms with van der Waals surface area (Å²) in [7, 11) is 0. The monoisotopic (exact) mass is 664 g/mol. The van der Waals surface area contributed by atoms with Crippen molar-refractivity contribution < 1.29 is 48.9 Å². The van der Waals surface area contributed by atoms with E-state index in [4.69, 9.17) is 10.8 Å². The highest BCUT2D eigenvalue weighted by atomic mass is 32.1. The van der Waals surface area contributed by atoms with E-state index in [9.17, 15) is 43.8 Å². The molecule has 5 atom stereocenters. The second-order valence-corrected chi connectivity index (χ2v) is 11.5. The number of thiol groups is 1. The number of nitrogens with one attached hydrogen (secondary N) is 5. The van der Waals surface area contributed by atoms with E-state index in [-0.39, 0.29) is 24.5 Å². The van der Waals surface area contributed by atoms with E-state index in [1.165, 1.54) is 0 Å². The number of hydrogen-bond donors (Lipinski definition) is 10. The molecule has 0 fully saturated rings. The summed E-state index contributed by atoms with van der Waals surface area (Å²) in [6.45, 7) is 3.64. The van der Waals surface area contributed by atoms with Crippen LogP contribution in [0, 0.1) is 5.92 Å². The molecular weight excluding hydrogens is 624 g/mol. The number of nitrogens with two attached hydrogens (primary N) is 1.